The number of benzene rings is 8. The van der Waals surface area contributed by atoms with Crippen molar-refractivity contribution in [1.29, 1.82) is 0 Å². The third kappa shape index (κ3) is 5.40. The summed E-state index contributed by atoms with van der Waals surface area (Å²) in [6, 6.07) is 68.2. The number of nitrogens with one attached hydrogen (secondary N) is 1. The van der Waals surface area contributed by atoms with Crippen LogP contribution in [0.2, 0.25) is 0 Å². The van der Waals surface area contributed by atoms with Crippen LogP contribution in [0.15, 0.2) is 209 Å². The normalized spacial score (nSPS) is 14.2. The first kappa shape index (κ1) is 32.0. The molecule has 2 aromatic heterocycles. The van der Waals surface area contributed by atoms with E-state index in [4.69, 9.17) is 14.4 Å². The molecule has 0 radical (unpaired) electrons. The molecule has 56 heavy (non-hydrogen) atoms. The molecule has 5 heteroatoms. The van der Waals surface area contributed by atoms with Gasteiger partial charge in [-0.2, -0.15) is 0 Å². The zero-order valence-electron chi connectivity index (χ0n) is 30.3. The van der Waals surface area contributed by atoms with Crippen molar-refractivity contribution in [3.63, 3.8) is 0 Å². The first-order valence-electron chi connectivity index (χ1n) is 18.9. The minimum atomic E-state index is -0.284. The van der Waals surface area contributed by atoms with Gasteiger partial charge in [0.2, 0.25) is 0 Å². The largest absolute Gasteiger partial charge is 0.456 e. The van der Waals surface area contributed by atoms with Crippen molar-refractivity contribution in [2.75, 3.05) is 0 Å². The van der Waals surface area contributed by atoms with E-state index in [9.17, 15) is 0 Å². The fourth-order valence-corrected chi connectivity index (χ4v) is 8.16. The Balaban J connectivity index is 1.09. The van der Waals surface area contributed by atoms with E-state index < -0.39 is 0 Å². The molecule has 0 amide bonds. The summed E-state index contributed by atoms with van der Waals surface area (Å²) in [4.78, 5) is 10.2. The van der Waals surface area contributed by atoms with Gasteiger partial charge in [0.05, 0.1) is 16.7 Å². The van der Waals surface area contributed by atoms with Gasteiger partial charge in [0, 0.05) is 38.2 Å². The Morgan fingerprint density at radius 1 is 0.446 bits per heavy atom. The Labute approximate surface area is 323 Å². The summed E-state index contributed by atoms with van der Waals surface area (Å²) in [5.74, 6) is 1.48. The lowest BCUT2D eigenvalue weighted by Gasteiger charge is -2.24. The van der Waals surface area contributed by atoms with E-state index in [0.717, 1.165) is 83.4 Å². The Bertz CT molecular complexity index is 3160. The Hall–Kier alpha value is -7.50. The molecule has 0 saturated carbocycles. The average Bonchev–Trinajstić information content (AvgIpc) is 3.82. The molecular weight excluding hydrogens is 685 g/mol. The number of furan rings is 1. The number of nitrogens with zero attached hydrogens (tertiary/aromatic N) is 3. The summed E-state index contributed by atoms with van der Waals surface area (Å²) < 4.78 is 8.72. The van der Waals surface area contributed by atoms with Crippen LogP contribution in [0, 0.1) is 0 Å². The van der Waals surface area contributed by atoms with E-state index in [2.05, 4.69) is 168 Å². The molecule has 8 aromatic carbocycles. The van der Waals surface area contributed by atoms with Crippen molar-refractivity contribution in [3.05, 3.63) is 211 Å². The van der Waals surface area contributed by atoms with Crippen LogP contribution in [0.4, 0.5) is 0 Å². The fourth-order valence-electron chi connectivity index (χ4n) is 8.16. The zero-order chi connectivity index (χ0) is 37.0. The van der Waals surface area contributed by atoms with Gasteiger partial charge in [0.25, 0.3) is 0 Å². The highest BCUT2D eigenvalue weighted by atomic mass is 16.3. The summed E-state index contributed by atoms with van der Waals surface area (Å²) in [5, 5.41) is 8.34. The molecular formula is C51H34N4O. The molecule has 1 atom stereocenters. The monoisotopic (exact) mass is 718 g/mol. The second-order valence-corrected chi connectivity index (χ2v) is 14.2. The number of aromatic nitrogens is 1. The number of hydrogen-bond donors (Lipinski definition) is 1. The molecule has 1 unspecified atom stereocenters. The number of amidine groups is 2. The van der Waals surface area contributed by atoms with Crippen molar-refractivity contribution in [1.82, 2.24) is 9.88 Å². The van der Waals surface area contributed by atoms with Crippen LogP contribution in [-0.4, -0.2) is 16.2 Å². The van der Waals surface area contributed by atoms with Gasteiger partial charge >= 0.3 is 0 Å². The van der Waals surface area contributed by atoms with Crippen LogP contribution < -0.4 is 5.32 Å². The molecule has 0 fully saturated rings. The minimum Gasteiger partial charge on any atom is -0.456 e. The lowest BCUT2D eigenvalue weighted by atomic mass is 9.99. The van der Waals surface area contributed by atoms with Gasteiger partial charge < -0.3 is 14.3 Å². The van der Waals surface area contributed by atoms with Gasteiger partial charge in [-0.1, -0.05) is 146 Å². The second kappa shape index (κ2) is 13.1. The number of fused-ring (bicyclic) bond motifs is 6. The van der Waals surface area contributed by atoms with E-state index in [0.29, 0.717) is 5.84 Å². The smallest absolute Gasteiger partial charge is 0.159 e. The Kier molecular flexibility index (Phi) is 7.49. The highest BCUT2D eigenvalue weighted by Gasteiger charge is 2.23. The van der Waals surface area contributed by atoms with E-state index in [1.54, 1.807) is 0 Å². The van der Waals surface area contributed by atoms with Crippen molar-refractivity contribution < 1.29 is 4.42 Å². The van der Waals surface area contributed by atoms with E-state index in [-0.39, 0.29) is 6.17 Å². The fraction of sp³-hybridized carbons (Fsp3) is 0.0196. The molecule has 1 aliphatic heterocycles. The predicted octanol–water partition coefficient (Wildman–Crippen LogP) is 12.5. The number of aliphatic imine (C=N–C) groups is 2. The minimum absolute atomic E-state index is 0.284. The maximum absolute atomic E-state index is 6.31. The third-order valence-corrected chi connectivity index (χ3v) is 10.9. The van der Waals surface area contributed by atoms with Crippen LogP contribution >= 0.6 is 0 Å². The maximum Gasteiger partial charge on any atom is 0.159 e. The standard InChI is InChI=1S/C51H34N4O/c1-4-14-33(15-5-1)43-30-38(51-53-49(34-16-6-2-7-17-34)52-50(54-51)35-18-8-3-9-19-35)26-29-45(43)55-44-22-12-10-20-39(44)40-27-24-36(31-46(40)55)37-25-28-42-41-21-11-13-23-47(41)56-48(42)32-37/h1-32,49H,(H,52,53,54). The van der Waals surface area contributed by atoms with Gasteiger partial charge in [0.1, 0.15) is 23.2 Å². The zero-order valence-corrected chi connectivity index (χ0v) is 30.3. The Morgan fingerprint density at radius 3 is 1.86 bits per heavy atom. The summed E-state index contributed by atoms with van der Waals surface area (Å²) in [5.41, 5.74) is 12.7. The van der Waals surface area contributed by atoms with Crippen LogP contribution in [-0.2, 0) is 0 Å². The molecule has 1 aliphatic rings. The molecule has 3 heterocycles. The molecule has 10 aromatic rings. The quantitative estimate of drug-likeness (QED) is 0.186. The third-order valence-electron chi connectivity index (χ3n) is 10.9. The van der Waals surface area contributed by atoms with Crippen molar-refractivity contribution in [2.24, 2.45) is 9.98 Å². The molecule has 1 N–H and O–H groups in total. The van der Waals surface area contributed by atoms with Gasteiger partial charge in [-0.25, -0.2) is 9.98 Å². The molecule has 0 bridgehead atoms. The average molecular weight is 719 g/mol. The predicted molar refractivity (Wildman–Crippen MR) is 231 cm³/mol. The summed E-state index contributed by atoms with van der Waals surface area (Å²) in [6.45, 7) is 0. The molecule has 0 saturated heterocycles. The number of rotatable bonds is 6. The second-order valence-electron chi connectivity index (χ2n) is 14.2. The first-order chi connectivity index (χ1) is 27.7. The van der Waals surface area contributed by atoms with Crippen LogP contribution in [0.3, 0.4) is 0 Å². The topological polar surface area (TPSA) is 54.8 Å². The van der Waals surface area contributed by atoms with Crippen molar-refractivity contribution >= 4 is 55.4 Å². The number of para-hydroxylation sites is 2. The molecule has 264 valence electrons. The van der Waals surface area contributed by atoms with Crippen molar-refractivity contribution in [2.45, 2.75) is 6.17 Å². The van der Waals surface area contributed by atoms with Gasteiger partial charge in [-0.15, -0.1) is 0 Å². The van der Waals surface area contributed by atoms with Crippen LogP contribution in [0.1, 0.15) is 22.9 Å². The first-order valence-corrected chi connectivity index (χ1v) is 18.9. The van der Waals surface area contributed by atoms with Crippen LogP contribution in [0.25, 0.3) is 71.7 Å². The summed E-state index contributed by atoms with van der Waals surface area (Å²) >= 11 is 0. The summed E-state index contributed by atoms with van der Waals surface area (Å²) in [7, 11) is 0. The van der Waals surface area contributed by atoms with E-state index in [1.165, 1.54) is 10.8 Å². The molecule has 0 aliphatic carbocycles. The van der Waals surface area contributed by atoms with Gasteiger partial charge in [0.15, 0.2) is 5.84 Å². The van der Waals surface area contributed by atoms with E-state index >= 15 is 0 Å². The summed E-state index contributed by atoms with van der Waals surface area (Å²) in [6.07, 6.45) is -0.284. The van der Waals surface area contributed by atoms with Gasteiger partial charge in [-0.3, -0.25) is 0 Å². The number of hydrogen-bond acceptors (Lipinski definition) is 4. The molecule has 5 nitrogen and oxygen atoms in total. The van der Waals surface area contributed by atoms with Crippen molar-refractivity contribution in [3.8, 4) is 27.9 Å². The van der Waals surface area contributed by atoms with E-state index in [1.807, 2.05) is 36.4 Å². The Morgan fingerprint density at radius 2 is 1.05 bits per heavy atom. The molecule has 0 spiro atoms. The SMILES string of the molecule is c1ccc(C2=NC(c3ccccc3)NC(c3ccc(-n4c5ccccc5c5ccc(-c6ccc7c(c6)oc6ccccc67)cc54)c(-c4ccccc4)c3)=N2)cc1. The lowest BCUT2D eigenvalue weighted by molar-refractivity contribution is 0.669. The van der Waals surface area contributed by atoms with Gasteiger partial charge in [-0.05, 0) is 70.8 Å². The van der Waals surface area contributed by atoms with Crippen LogP contribution in [0.5, 0.6) is 0 Å². The highest BCUT2D eigenvalue weighted by Crippen LogP contribution is 2.39. The highest BCUT2D eigenvalue weighted by molar-refractivity contribution is 6.14. The maximum atomic E-state index is 6.31. The lowest BCUT2D eigenvalue weighted by Crippen LogP contribution is -2.33. The molecule has 11 rings (SSSR count).